The first-order chi connectivity index (χ1) is 18.5. The molecule has 4 heteroatoms. The Balaban J connectivity index is 1.40. The molecule has 5 aromatic carbocycles. The van der Waals surface area contributed by atoms with Gasteiger partial charge in [0.15, 0.2) is 0 Å². The van der Waals surface area contributed by atoms with Crippen LogP contribution >= 0.6 is 63.7 Å². The van der Waals surface area contributed by atoms with Gasteiger partial charge in [-0.25, -0.2) is 0 Å². The molecule has 0 fully saturated rings. The number of benzene rings is 5. The quantitative estimate of drug-likeness (QED) is 0.152. The Morgan fingerprint density at radius 2 is 0.658 bits per heavy atom. The van der Waals surface area contributed by atoms with Crippen molar-refractivity contribution in [3.8, 4) is 22.3 Å². The zero-order valence-electron chi connectivity index (χ0n) is 20.2. The van der Waals surface area contributed by atoms with Gasteiger partial charge in [-0.3, -0.25) is 0 Å². The van der Waals surface area contributed by atoms with Crippen molar-refractivity contribution in [1.82, 2.24) is 0 Å². The van der Waals surface area contributed by atoms with Crippen LogP contribution in [0.1, 0.15) is 22.3 Å². The molecule has 0 spiro atoms. The molecule has 5 aromatic rings. The van der Waals surface area contributed by atoms with E-state index in [1.807, 2.05) is 36.4 Å². The molecule has 0 radical (unpaired) electrons. The van der Waals surface area contributed by atoms with E-state index < -0.39 is 0 Å². The summed E-state index contributed by atoms with van der Waals surface area (Å²) in [7, 11) is 0. The maximum absolute atomic E-state index is 3.84. The second-order valence-corrected chi connectivity index (χ2v) is 12.2. The molecule has 0 aliphatic rings. The van der Waals surface area contributed by atoms with Crippen molar-refractivity contribution < 1.29 is 0 Å². The molecule has 0 N–H and O–H groups in total. The lowest BCUT2D eigenvalue weighted by Gasteiger charge is -2.14. The highest BCUT2D eigenvalue weighted by Gasteiger charge is 2.14. The fraction of sp³-hybridized carbons (Fsp3) is 0. The monoisotopic (exact) mass is 746 g/mol. The first kappa shape index (κ1) is 27.1. The highest BCUT2D eigenvalue weighted by Crippen LogP contribution is 2.42. The molecule has 0 saturated carbocycles. The van der Waals surface area contributed by atoms with Crippen molar-refractivity contribution >= 4 is 88.0 Å². The van der Waals surface area contributed by atoms with Crippen molar-refractivity contribution in [3.05, 3.63) is 149 Å². The van der Waals surface area contributed by atoms with Gasteiger partial charge in [-0.1, -0.05) is 173 Å². The van der Waals surface area contributed by atoms with Gasteiger partial charge in [-0.05, 0) is 68.8 Å². The Kier molecular flexibility index (Phi) is 8.96. The first-order valence-electron chi connectivity index (χ1n) is 12.0. The van der Waals surface area contributed by atoms with E-state index in [1.54, 1.807) is 0 Å². The summed E-state index contributed by atoms with van der Waals surface area (Å²) in [6.45, 7) is 0. The maximum atomic E-state index is 3.84. The SMILES string of the molecule is Brc1cc(/C=C/c2ccccc2)ccc1-c1cc(Br)c(-c2ccc(/C=C/c3ccccc3)cc2Br)cc1Br. The standard InChI is InChI=1S/C34H22Br4/c35-31-19-25(13-11-23-7-3-1-4-8-23)15-17-27(31)29-21-34(38)30(22-33(29)37)28-18-16-26(20-32(28)36)14-12-24-9-5-2-6-10-24/h1-22H/b13-11+,14-12+. The Bertz CT molecular complexity index is 1510. The van der Waals surface area contributed by atoms with E-state index in [0.29, 0.717) is 0 Å². The van der Waals surface area contributed by atoms with Crippen LogP contribution in [0.3, 0.4) is 0 Å². The molecule has 0 aliphatic heterocycles. The fourth-order valence-corrected chi connectivity index (χ4v) is 6.51. The smallest absolute Gasteiger partial charge is 0.0261 e. The van der Waals surface area contributed by atoms with Crippen LogP contribution in [0.5, 0.6) is 0 Å². The van der Waals surface area contributed by atoms with E-state index >= 15 is 0 Å². The van der Waals surface area contributed by atoms with Crippen LogP contribution in [-0.2, 0) is 0 Å². The molecular weight excluding hydrogens is 728 g/mol. The Morgan fingerprint density at radius 3 is 1.03 bits per heavy atom. The third-order valence-electron chi connectivity index (χ3n) is 6.16. The van der Waals surface area contributed by atoms with Gasteiger partial charge in [0, 0.05) is 17.9 Å². The van der Waals surface area contributed by atoms with Crippen LogP contribution in [0.2, 0.25) is 0 Å². The van der Waals surface area contributed by atoms with Crippen LogP contribution in [0.15, 0.2) is 127 Å². The minimum atomic E-state index is 1.03. The molecule has 0 aromatic heterocycles. The summed E-state index contributed by atoms with van der Waals surface area (Å²) in [6.07, 6.45) is 8.52. The molecule has 38 heavy (non-hydrogen) atoms. The topological polar surface area (TPSA) is 0 Å². The van der Waals surface area contributed by atoms with Gasteiger partial charge in [-0.2, -0.15) is 0 Å². The molecule has 0 bridgehead atoms. The average molecular weight is 750 g/mol. The molecule has 0 heterocycles. The van der Waals surface area contributed by atoms with Crippen LogP contribution in [0.4, 0.5) is 0 Å². The first-order valence-corrected chi connectivity index (χ1v) is 15.2. The van der Waals surface area contributed by atoms with Gasteiger partial charge in [0.25, 0.3) is 0 Å². The molecular formula is C34H22Br4. The number of rotatable bonds is 6. The van der Waals surface area contributed by atoms with Gasteiger partial charge in [0.05, 0.1) is 0 Å². The van der Waals surface area contributed by atoms with E-state index in [-0.39, 0.29) is 0 Å². The highest BCUT2D eigenvalue weighted by atomic mass is 79.9. The molecule has 0 saturated heterocycles. The summed E-state index contributed by atoms with van der Waals surface area (Å²) in [4.78, 5) is 0. The molecule has 0 nitrogen and oxygen atoms in total. The van der Waals surface area contributed by atoms with E-state index in [4.69, 9.17) is 0 Å². The second kappa shape index (κ2) is 12.6. The van der Waals surface area contributed by atoms with Gasteiger partial charge >= 0.3 is 0 Å². The summed E-state index contributed by atoms with van der Waals surface area (Å²) in [5, 5.41) is 0. The van der Waals surface area contributed by atoms with Gasteiger partial charge in [0.1, 0.15) is 0 Å². The maximum Gasteiger partial charge on any atom is 0.0261 e. The average Bonchev–Trinajstić information content (AvgIpc) is 2.93. The number of hydrogen-bond acceptors (Lipinski definition) is 0. The third-order valence-corrected chi connectivity index (χ3v) is 8.78. The van der Waals surface area contributed by atoms with Crippen molar-refractivity contribution in [3.63, 3.8) is 0 Å². The predicted molar refractivity (Wildman–Crippen MR) is 179 cm³/mol. The van der Waals surface area contributed by atoms with Crippen molar-refractivity contribution in [2.45, 2.75) is 0 Å². The molecule has 0 aliphatic carbocycles. The fourth-order valence-electron chi connectivity index (χ4n) is 4.18. The Labute approximate surface area is 257 Å². The predicted octanol–water partition coefficient (Wildman–Crippen LogP) is 12.4. The molecule has 0 atom stereocenters. The Hall–Kier alpha value is -2.50. The van der Waals surface area contributed by atoms with Crippen molar-refractivity contribution in [2.24, 2.45) is 0 Å². The highest BCUT2D eigenvalue weighted by molar-refractivity contribution is 9.11. The van der Waals surface area contributed by atoms with E-state index in [9.17, 15) is 0 Å². The summed E-state index contributed by atoms with van der Waals surface area (Å²) < 4.78 is 4.15. The summed E-state index contributed by atoms with van der Waals surface area (Å²) in [5.74, 6) is 0. The zero-order valence-corrected chi connectivity index (χ0v) is 26.6. The van der Waals surface area contributed by atoms with Crippen molar-refractivity contribution in [1.29, 1.82) is 0 Å². The summed E-state index contributed by atoms with van der Waals surface area (Å²) >= 11 is 15.3. The largest absolute Gasteiger partial charge is 0.0622 e. The summed E-state index contributed by atoms with van der Waals surface area (Å²) in [5.41, 5.74) is 9.13. The van der Waals surface area contributed by atoms with Gasteiger partial charge < -0.3 is 0 Å². The summed E-state index contributed by atoms with van der Waals surface area (Å²) in [6, 6.07) is 37.9. The van der Waals surface area contributed by atoms with Crippen LogP contribution in [0.25, 0.3) is 46.6 Å². The molecule has 0 amide bonds. The van der Waals surface area contributed by atoms with Crippen molar-refractivity contribution in [2.75, 3.05) is 0 Å². The minimum Gasteiger partial charge on any atom is -0.0622 e. The molecule has 5 rings (SSSR count). The normalized spacial score (nSPS) is 11.5. The number of halogens is 4. The zero-order chi connectivity index (χ0) is 26.5. The lowest BCUT2D eigenvalue weighted by atomic mass is 9.98. The number of hydrogen-bond donors (Lipinski definition) is 0. The van der Waals surface area contributed by atoms with E-state index in [2.05, 4.69) is 161 Å². The van der Waals surface area contributed by atoms with Crippen LogP contribution in [-0.4, -0.2) is 0 Å². The Morgan fingerprint density at radius 1 is 0.316 bits per heavy atom. The third kappa shape index (κ3) is 6.55. The molecule has 0 unspecified atom stereocenters. The minimum absolute atomic E-state index is 1.03. The van der Waals surface area contributed by atoms with Gasteiger partial charge in [-0.15, -0.1) is 0 Å². The van der Waals surface area contributed by atoms with Crippen LogP contribution < -0.4 is 0 Å². The second-order valence-electron chi connectivity index (χ2n) is 8.78. The van der Waals surface area contributed by atoms with E-state index in [0.717, 1.165) is 51.3 Å². The lowest BCUT2D eigenvalue weighted by molar-refractivity contribution is 1.50. The van der Waals surface area contributed by atoms with Gasteiger partial charge in [0.2, 0.25) is 0 Å². The lowest BCUT2D eigenvalue weighted by Crippen LogP contribution is -1.89. The van der Waals surface area contributed by atoms with E-state index in [1.165, 1.54) is 11.1 Å². The molecule has 186 valence electrons. The van der Waals surface area contributed by atoms with Crippen LogP contribution in [0, 0.1) is 0 Å².